The maximum atomic E-state index is 12.3. The molecule has 1 atom stereocenters. The lowest BCUT2D eigenvalue weighted by Gasteiger charge is -2.15. The molecule has 0 bridgehead atoms. The van der Waals surface area contributed by atoms with E-state index < -0.39 is 12.1 Å². The molecule has 144 valence electrons. The third kappa shape index (κ3) is 6.13. The minimum atomic E-state index is -0.861. The Bertz CT molecular complexity index is 801. The van der Waals surface area contributed by atoms with E-state index in [1.165, 1.54) is 0 Å². The van der Waals surface area contributed by atoms with E-state index in [0.29, 0.717) is 13.0 Å². The fourth-order valence-electron chi connectivity index (χ4n) is 2.74. The predicted molar refractivity (Wildman–Crippen MR) is 106 cm³/mol. The Hall–Kier alpha value is -2.82. The molecular formula is C22H27NO4. The first-order chi connectivity index (χ1) is 12.9. The Labute approximate surface area is 160 Å². The van der Waals surface area contributed by atoms with Gasteiger partial charge in [-0.1, -0.05) is 35.9 Å². The molecule has 1 amide bonds. The van der Waals surface area contributed by atoms with Crippen LogP contribution in [0.3, 0.4) is 0 Å². The van der Waals surface area contributed by atoms with Crippen molar-refractivity contribution in [3.05, 3.63) is 59.2 Å². The van der Waals surface area contributed by atoms with Crippen LogP contribution in [0.4, 0.5) is 5.69 Å². The second-order valence-electron chi connectivity index (χ2n) is 6.48. The topological polar surface area (TPSA) is 64.6 Å². The van der Waals surface area contributed by atoms with Crippen molar-refractivity contribution in [3.63, 3.8) is 0 Å². The van der Waals surface area contributed by atoms with Crippen LogP contribution in [0.25, 0.3) is 0 Å². The number of hydrogen-bond acceptors (Lipinski definition) is 4. The van der Waals surface area contributed by atoms with E-state index in [4.69, 9.17) is 9.47 Å². The molecular weight excluding hydrogens is 342 g/mol. The summed E-state index contributed by atoms with van der Waals surface area (Å²) in [6, 6.07) is 13.4. The van der Waals surface area contributed by atoms with Crippen molar-refractivity contribution < 1.29 is 19.1 Å². The number of benzene rings is 2. The summed E-state index contributed by atoms with van der Waals surface area (Å²) in [7, 11) is 0. The quantitative estimate of drug-likeness (QED) is 0.708. The first-order valence-electron chi connectivity index (χ1n) is 9.19. The number of ether oxygens (including phenoxy) is 2. The van der Waals surface area contributed by atoms with Gasteiger partial charge >= 0.3 is 5.97 Å². The van der Waals surface area contributed by atoms with Crippen LogP contribution in [0, 0.1) is 13.8 Å². The molecule has 0 aromatic heterocycles. The summed E-state index contributed by atoms with van der Waals surface area (Å²) in [6.45, 7) is 7.98. The lowest BCUT2D eigenvalue weighted by atomic mass is 10.1. The van der Waals surface area contributed by atoms with E-state index in [1.54, 1.807) is 6.92 Å². The Kier molecular flexibility index (Phi) is 7.41. The standard InChI is InChI=1S/C22H27NO4/c1-5-26-20-9-7-6-8-18(20)11-13-21(24)27-17(4)22(25)23-19-12-10-15(2)14-16(19)3/h6-10,12,14,17H,5,11,13H2,1-4H3,(H,23,25)/t17-/m0/s1. The number of carbonyl (C=O) groups is 2. The molecule has 0 radical (unpaired) electrons. The van der Waals surface area contributed by atoms with Gasteiger partial charge in [-0.3, -0.25) is 9.59 Å². The molecule has 27 heavy (non-hydrogen) atoms. The van der Waals surface area contributed by atoms with Crippen LogP contribution in [0.1, 0.15) is 37.0 Å². The summed E-state index contributed by atoms with van der Waals surface area (Å²) in [5.41, 5.74) is 3.76. The third-order valence-electron chi connectivity index (χ3n) is 4.19. The average molecular weight is 369 g/mol. The van der Waals surface area contributed by atoms with Gasteiger partial charge in [0, 0.05) is 12.1 Å². The predicted octanol–water partition coefficient (Wildman–Crippen LogP) is 4.21. The number of para-hydroxylation sites is 1. The third-order valence-corrected chi connectivity index (χ3v) is 4.19. The van der Waals surface area contributed by atoms with Gasteiger partial charge in [0.2, 0.25) is 0 Å². The van der Waals surface area contributed by atoms with Gasteiger partial charge < -0.3 is 14.8 Å². The molecule has 0 saturated carbocycles. The normalized spacial score (nSPS) is 11.6. The first kappa shape index (κ1) is 20.5. The van der Waals surface area contributed by atoms with Crippen LogP contribution in [0.5, 0.6) is 5.75 Å². The van der Waals surface area contributed by atoms with Gasteiger partial charge in [-0.25, -0.2) is 0 Å². The molecule has 0 aliphatic rings. The zero-order valence-corrected chi connectivity index (χ0v) is 16.4. The van der Waals surface area contributed by atoms with Crippen LogP contribution >= 0.6 is 0 Å². The van der Waals surface area contributed by atoms with Crippen molar-refractivity contribution in [2.75, 3.05) is 11.9 Å². The first-order valence-corrected chi connectivity index (χ1v) is 9.19. The van der Waals surface area contributed by atoms with E-state index in [9.17, 15) is 9.59 Å². The number of hydrogen-bond donors (Lipinski definition) is 1. The highest BCUT2D eigenvalue weighted by atomic mass is 16.5. The Morgan fingerprint density at radius 1 is 1.11 bits per heavy atom. The minimum absolute atomic E-state index is 0.186. The average Bonchev–Trinajstić information content (AvgIpc) is 2.63. The maximum Gasteiger partial charge on any atom is 0.306 e. The van der Waals surface area contributed by atoms with Crippen LogP contribution < -0.4 is 10.1 Å². The molecule has 0 fully saturated rings. The summed E-state index contributed by atoms with van der Waals surface area (Å²) in [5.74, 6) is 0.0167. The summed E-state index contributed by atoms with van der Waals surface area (Å²) >= 11 is 0. The number of aryl methyl sites for hydroxylation is 3. The zero-order chi connectivity index (χ0) is 19.8. The Balaban J connectivity index is 1.87. The van der Waals surface area contributed by atoms with Gasteiger partial charge in [-0.15, -0.1) is 0 Å². The lowest BCUT2D eigenvalue weighted by Crippen LogP contribution is -2.30. The highest BCUT2D eigenvalue weighted by Gasteiger charge is 2.19. The molecule has 0 saturated heterocycles. The van der Waals surface area contributed by atoms with E-state index in [-0.39, 0.29) is 12.3 Å². The number of carbonyl (C=O) groups excluding carboxylic acids is 2. The highest BCUT2D eigenvalue weighted by molar-refractivity contribution is 5.95. The molecule has 0 aliphatic carbocycles. The fraction of sp³-hybridized carbons (Fsp3) is 0.364. The van der Waals surface area contributed by atoms with Crippen molar-refractivity contribution in [2.45, 2.75) is 46.6 Å². The number of amides is 1. The number of nitrogens with one attached hydrogen (secondary N) is 1. The van der Waals surface area contributed by atoms with Gasteiger partial charge in [0.05, 0.1) is 6.61 Å². The van der Waals surface area contributed by atoms with Crippen LogP contribution in [0.15, 0.2) is 42.5 Å². The fourth-order valence-corrected chi connectivity index (χ4v) is 2.74. The minimum Gasteiger partial charge on any atom is -0.494 e. The van der Waals surface area contributed by atoms with E-state index >= 15 is 0 Å². The van der Waals surface area contributed by atoms with E-state index in [0.717, 1.165) is 28.1 Å². The number of rotatable bonds is 8. The van der Waals surface area contributed by atoms with Gasteiger partial charge in [0.15, 0.2) is 6.10 Å². The molecule has 5 heteroatoms. The maximum absolute atomic E-state index is 12.3. The molecule has 2 aromatic carbocycles. The molecule has 2 aromatic rings. The molecule has 0 heterocycles. The van der Waals surface area contributed by atoms with Crippen LogP contribution in [0.2, 0.25) is 0 Å². The molecule has 0 unspecified atom stereocenters. The van der Waals surface area contributed by atoms with Crippen LogP contribution in [-0.2, 0) is 20.7 Å². The van der Waals surface area contributed by atoms with Crippen molar-refractivity contribution in [2.24, 2.45) is 0 Å². The van der Waals surface area contributed by atoms with Crippen molar-refractivity contribution >= 4 is 17.6 Å². The second-order valence-corrected chi connectivity index (χ2v) is 6.48. The highest BCUT2D eigenvalue weighted by Crippen LogP contribution is 2.20. The van der Waals surface area contributed by atoms with Crippen molar-refractivity contribution in [3.8, 4) is 5.75 Å². The number of esters is 1. The Morgan fingerprint density at radius 3 is 2.56 bits per heavy atom. The summed E-state index contributed by atoms with van der Waals surface area (Å²) < 4.78 is 10.8. The van der Waals surface area contributed by atoms with Crippen molar-refractivity contribution in [1.82, 2.24) is 0 Å². The smallest absolute Gasteiger partial charge is 0.306 e. The van der Waals surface area contributed by atoms with Crippen molar-refractivity contribution in [1.29, 1.82) is 0 Å². The molecule has 0 aliphatic heterocycles. The van der Waals surface area contributed by atoms with Gasteiger partial charge in [-0.05, 0) is 57.4 Å². The van der Waals surface area contributed by atoms with Gasteiger partial charge in [-0.2, -0.15) is 0 Å². The summed E-state index contributed by atoms with van der Waals surface area (Å²) in [5, 5.41) is 2.81. The van der Waals surface area contributed by atoms with Crippen LogP contribution in [-0.4, -0.2) is 24.6 Å². The lowest BCUT2D eigenvalue weighted by molar-refractivity contribution is -0.153. The molecule has 2 rings (SSSR count). The summed E-state index contributed by atoms with van der Waals surface area (Å²) in [4.78, 5) is 24.4. The number of anilines is 1. The molecule has 5 nitrogen and oxygen atoms in total. The van der Waals surface area contributed by atoms with E-state index in [1.807, 2.05) is 63.2 Å². The van der Waals surface area contributed by atoms with E-state index in [2.05, 4.69) is 5.32 Å². The zero-order valence-electron chi connectivity index (χ0n) is 16.4. The molecule has 0 spiro atoms. The summed E-state index contributed by atoms with van der Waals surface area (Å²) in [6.07, 6.45) is -0.175. The van der Waals surface area contributed by atoms with Gasteiger partial charge in [0.1, 0.15) is 5.75 Å². The Morgan fingerprint density at radius 2 is 1.85 bits per heavy atom. The monoisotopic (exact) mass is 369 g/mol. The van der Waals surface area contributed by atoms with Gasteiger partial charge in [0.25, 0.3) is 5.91 Å². The largest absolute Gasteiger partial charge is 0.494 e. The SMILES string of the molecule is CCOc1ccccc1CCC(=O)O[C@@H](C)C(=O)Nc1ccc(C)cc1C. The second kappa shape index (κ2) is 9.76. The molecule has 1 N–H and O–H groups in total.